The molecule has 0 bridgehead atoms. The van der Waals surface area contributed by atoms with E-state index in [1.54, 1.807) is 18.2 Å². The number of anilines is 2. The van der Waals surface area contributed by atoms with Crippen LogP contribution < -0.4 is 10.6 Å². The number of amides is 2. The zero-order chi connectivity index (χ0) is 17.0. The van der Waals surface area contributed by atoms with Crippen LogP contribution in [0.3, 0.4) is 0 Å². The molecule has 0 fully saturated rings. The summed E-state index contributed by atoms with van der Waals surface area (Å²) < 4.78 is 0.950. The van der Waals surface area contributed by atoms with Gasteiger partial charge in [0.05, 0.1) is 0 Å². The summed E-state index contributed by atoms with van der Waals surface area (Å²) in [6.07, 6.45) is 0. The van der Waals surface area contributed by atoms with E-state index in [2.05, 4.69) is 26.6 Å². The van der Waals surface area contributed by atoms with Gasteiger partial charge in [-0.2, -0.15) is 0 Å². The van der Waals surface area contributed by atoms with E-state index >= 15 is 0 Å². The fraction of sp³-hybridized carbons (Fsp3) is 0.222. The fourth-order valence-corrected chi connectivity index (χ4v) is 2.45. The standard InChI is InChI=1S/C18H19BrN2O2/c1-11(2)14-6-4-5-7-16(14)21-18(23)17(22)20-13-8-9-15(19)12(3)10-13/h4-11H,1-3H3,(H,20,22)(H,21,23). The summed E-state index contributed by atoms with van der Waals surface area (Å²) in [5.74, 6) is -1.12. The van der Waals surface area contributed by atoms with Crippen molar-refractivity contribution in [2.75, 3.05) is 10.6 Å². The van der Waals surface area contributed by atoms with E-state index in [4.69, 9.17) is 0 Å². The van der Waals surface area contributed by atoms with Gasteiger partial charge in [0, 0.05) is 15.8 Å². The second-order valence-electron chi connectivity index (χ2n) is 5.61. The molecule has 2 amide bonds. The Morgan fingerprint density at radius 3 is 2.30 bits per heavy atom. The predicted octanol–water partition coefficient (Wildman–Crippen LogP) is 4.46. The molecule has 0 heterocycles. The quantitative estimate of drug-likeness (QED) is 0.779. The number of halogens is 1. The summed E-state index contributed by atoms with van der Waals surface area (Å²) in [5.41, 5.74) is 3.22. The smallest absolute Gasteiger partial charge is 0.314 e. The van der Waals surface area contributed by atoms with Crippen LogP contribution in [0.4, 0.5) is 11.4 Å². The topological polar surface area (TPSA) is 58.2 Å². The van der Waals surface area contributed by atoms with Crippen LogP contribution in [0.5, 0.6) is 0 Å². The normalized spacial score (nSPS) is 10.5. The lowest BCUT2D eigenvalue weighted by Crippen LogP contribution is -2.29. The molecule has 0 spiro atoms. The maximum atomic E-state index is 12.1. The lowest BCUT2D eigenvalue weighted by Gasteiger charge is -2.13. The summed E-state index contributed by atoms with van der Waals surface area (Å²) in [6, 6.07) is 12.9. The summed E-state index contributed by atoms with van der Waals surface area (Å²) in [6.45, 7) is 5.99. The van der Waals surface area contributed by atoms with E-state index in [9.17, 15) is 9.59 Å². The number of carbonyl (C=O) groups is 2. The van der Waals surface area contributed by atoms with Crippen LogP contribution in [-0.4, -0.2) is 11.8 Å². The third-order valence-electron chi connectivity index (χ3n) is 3.45. The second-order valence-corrected chi connectivity index (χ2v) is 6.47. The van der Waals surface area contributed by atoms with Crippen molar-refractivity contribution in [3.05, 3.63) is 58.1 Å². The molecule has 0 aliphatic rings. The lowest BCUT2D eigenvalue weighted by molar-refractivity contribution is -0.133. The van der Waals surface area contributed by atoms with Gasteiger partial charge in [-0.15, -0.1) is 0 Å². The van der Waals surface area contributed by atoms with Crippen LogP contribution in [0.15, 0.2) is 46.9 Å². The highest BCUT2D eigenvalue weighted by Crippen LogP contribution is 2.24. The first-order valence-electron chi connectivity index (χ1n) is 7.36. The summed E-state index contributed by atoms with van der Waals surface area (Å²) in [4.78, 5) is 24.2. The Kier molecular flexibility index (Phi) is 5.55. The van der Waals surface area contributed by atoms with Crippen molar-refractivity contribution >= 4 is 39.1 Å². The van der Waals surface area contributed by atoms with E-state index in [1.165, 1.54) is 0 Å². The number of para-hydroxylation sites is 1. The van der Waals surface area contributed by atoms with E-state index in [-0.39, 0.29) is 5.92 Å². The molecule has 0 aromatic heterocycles. The monoisotopic (exact) mass is 374 g/mol. The van der Waals surface area contributed by atoms with Gasteiger partial charge in [-0.3, -0.25) is 9.59 Å². The molecular weight excluding hydrogens is 356 g/mol. The van der Waals surface area contributed by atoms with Crippen molar-refractivity contribution in [1.29, 1.82) is 0 Å². The molecule has 0 saturated heterocycles. The molecule has 2 aromatic carbocycles. The lowest BCUT2D eigenvalue weighted by atomic mass is 10.0. The second kappa shape index (κ2) is 7.42. The van der Waals surface area contributed by atoms with Crippen molar-refractivity contribution in [3.63, 3.8) is 0 Å². The Labute approximate surface area is 144 Å². The van der Waals surface area contributed by atoms with Crippen molar-refractivity contribution in [3.8, 4) is 0 Å². The van der Waals surface area contributed by atoms with Gasteiger partial charge in [-0.25, -0.2) is 0 Å². The molecular formula is C18H19BrN2O2. The number of hydrogen-bond donors (Lipinski definition) is 2. The highest BCUT2D eigenvalue weighted by Gasteiger charge is 2.16. The first-order valence-corrected chi connectivity index (χ1v) is 8.15. The summed E-state index contributed by atoms with van der Waals surface area (Å²) >= 11 is 3.40. The number of benzene rings is 2. The maximum Gasteiger partial charge on any atom is 0.314 e. The van der Waals surface area contributed by atoms with Crippen LogP contribution >= 0.6 is 15.9 Å². The van der Waals surface area contributed by atoms with Gasteiger partial charge in [-0.05, 0) is 48.2 Å². The van der Waals surface area contributed by atoms with Gasteiger partial charge in [0.2, 0.25) is 0 Å². The number of hydrogen-bond acceptors (Lipinski definition) is 2. The van der Waals surface area contributed by atoms with Gasteiger partial charge >= 0.3 is 11.8 Å². The number of aryl methyl sites for hydroxylation is 1. The van der Waals surface area contributed by atoms with Crippen LogP contribution in [0.2, 0.25) is 0 Å². The SMILES string of the molecule is Cc1cc(NC(=O)C(=O)Nc2ccccc2C(C)C)ccc1Br. The van der Waals surface area contributed by atoms with Crippen LogP contribution in [0.25, 0.3) is 0 Å². The molecule has 5 heteroatoms. The van der Waals surface area contributed by atoms with Gasteiger partial charge in [-0.1, -0.05) is 48.0 Å². The first kappa shape index (κ1) is 17.2. The molecule has 0 aliphatic carbocycles. The molecule has 0 unspecified atom stereocenters. The predicted molar refractivity (Wildman–Crippen MR) is 96.7 cm³/mol. The fourth-order valence-electron chi connectivity index (χ4n) is 2.20. The minimum Gasteiger partial charge on any atom is -0.318 e. The number of nitrogens with one attached hydrogen (secondary N) is 2. The first-order chi connectivity index (χ1) is 10.9. The Balaban J connectivity index is 2.09. The largest absolute Gasteiger partial charge is 0.318 e. The maximum absolute atomic E-state index is 12.1. The van der Waals surface area contributed by atoms with Gasteiger partial charge in [0.15, 0.2) is 0 Å². The Hall–Kier alpha value is -2.14. The van der Waals surface area contributed by atoms with Crippen LogP contribution in [-0.2, 0) is 9.59 Å². The molecule has 0 atom stereocenters. The third-order valence-corrected chi connectivity index (χ3v) is 4.34. The highest BCUT2D eigenvalue weighted by atomic mass is 79.9. The van der Waals surface area contributed by atoms with Crippen molar-refractivity contribution in [1.82, 2.24) is 0 Å². The molecule has 2 rings (SSSR count). The van der Waals surface area contributed by atoms with Crippen LogP contribution in [0.1, 0.15) is 30.9 Å². The molecule has 4 nitrogen and oxygen atoms in total. The van der Waals surface area contributed by atoms with E-state index in [0.717, 1.165) is 15.6 Å². The summed E-state index contributed by atoms with van der Waals surface area (Å²) in [5, 5.41) is 5.28. The molecule has 0 radical (unpaired) electrons. The van der Waals surface area contributed by atoms with Gasteiger partial charge in [0.1, 0.15) is 0 Å². The minimum atomic E-state index is -0.690. The highest BCUT2D eigenvalue weighted by molar-refractivity contribution is 9.10. The minimum absolute atomic E-state index is 0.253. The summed E-state index contributed by atoms with van der Waals surface area (Å²) in [7, 11) is 0. The van der Waals surface area contributed by atoms with Crippen molar-refractivity contribution < 1.29 is 9.59 Å². The zero-order valence-electron chi connectivity index (χ0n) is 13.3. The average Bonchev–Trinajstić information content (AvgIpc) is 2.51. The van der Waals surface area contributed by atoms with Crippen LogP contribution in [0, 0.1) is 6.92 Å². The molecule has 0 saturated carbocycles. The van der Waals surface area contributed by atoms with E-state index in [0.29, 0.717) is 11.4 Å². The third kappa shape index (κ3) is 4.42. The van der Waals surface area contributed by atoms with Gasteiger partial charge in [0.25, 0.3) is 0 Å². The van der Waals surface area contributed by atoms with Crippen molar-refractivity contribution in [2.24, 2.45) is 0 Å². The molecule has 2 N–H and O–H groups in total. The zero-order valence-corrected chi connectivity index (χ0v) is 14.9. The van der Waals surface area contributed by atoms with E-state index in [1.807, 2.05) is 45.0 Å². The molecule has 2 aromatic rings. The van der Waals surface area contributed by atoms with Crippen molar-refractivity contribution in [2.45, 2.75) is 26.7 Å². The Bertz CT molecular complexity index is 742. The molecule has 120 valence electrons. The number of rotatable bonds is 3. The Morgan fingerprint density at radius 1 is 1.00 bits per heavy atom. The molecule has 23 heavy (non-hydrogen) atoms. The number of carbonyl (C=O) groups excluding carboxylic acids is 2. The Morgan fingerprint density at radius 2 is 1.65 bits per heavy atom. The average molecular weight is 375 g/mol. The molecule has 0 aliphatic heterocycles. The van der Waals surface area contributed by atoms with Gasteiger partial charge < -0.3 is 10.6 Å². The van der Waals surface area contributed by atoms with E-state index < -0.39 is 11.8 Å².